The summed E-state index contributed by atoms with van der Waals surface area (Å²) >= 11 is 0. The van der Waals surface area contributed by atoms with Gasteiger partial charge < -0.3 is 15.3 Å². The van der Waals surface area contributed by atoms with Crippen LogP contribution in [0, 0.1) is 6.92 Å². The van der Waals surface area contributed by atoms with Crippen LogP contribution in [0.1, 0.15) is 67.4 Å². The summed E-state index contributed by atoms with van der Waals surface area (Å²) < 4.78 is 0. The van der Waals surface area contributed by atoms with Gasteiger partial charge in [0.1, 0.15) is 5.69 Å². The Balaban J connectivity index is 1.35. The van der Waals surface area contributed by atoms with Gasteiger partial charge in [-0.05, 0) is 50.7 Å². The van der Waals surface area contributed by atoms with Gasteiger partial charge in [0, 0.05) is 37.9 Å². The maximum Gasteiger partial charge on any atom is 0.272 e. The Bertz CT molecular complexity index is 757. The van der Waals surface area contributed by atoms with Crippen molar-refractivity contribution in [3.8, 4) is 0 Å². The topological polar surface area (TPSA) is 85.8 Å². The Kier molecular flexibility index (Phi) is 6.68. The number of amides is 2. The third-order valence-corrected chi connectivity index (χ3v) is 7.00. The molecule has 2 aliphatic heterocycles. The minimum Gasteiger partial charge on any atom is -0.392 e. The Labute approximate surface area is 178 Å². The van der Waals surface area contributed by atoms with Gasteiger partial charge in [0.05, 0.1) is 12.1 Å². The Hall–Kier alpha value is -1.99. The highest BCUT2D eigenvalue weighted by Gasteiger charge is 2.41. The minimum absolute atomic E-state index is 0.0143. The van der Waals surface area contributed by atoms with E-state index in [4.69, 9.17) is 0 Å². The monoisotopic (exact) mass is 414 g/mol. The van der Waals surface area contributed by atoms with Gasteiger partial charge in [-0.15, -0.1) is 0 Å². The van der Waals surface area contributed by atoms with Crippen molar-refractivity contribution < 1.29 is 14.7 Å². The number of rotatable bonds is 4. The van der Waals surface area contributed by atoms with E-state index >= 15 is 0 Å². The summed E-state index contributed by atoms with van der Waals surface area (Å²) in [6, 6.07) is 4.00. The predicted molar refractivity (Wildman–Crippen MR) is 114 cm³/mol. The van der Waals surface area contributed by atoms with Crippen LogP contribution in [0.25, 0.3) is 0 Å². The summed E-state index contributed by atoms with van der Waals surface area (Å²) in [6.45, 7) is 3.76. The zero-order valence-corrected chi connectivity index (χ0v) is 17.9. The van der Waals surface area contributed by atoms with Gasteiger partial charge in [0.25, 0.3) is 5.91 Å². The van der Waals surface area contributed by atoms with Crippen molar-refractivity contribution in [2.24, 2.45) is 0 Å². The first-order valence-corrected chi connectivity index (χ1v) is 11.5. The van der Waals surface area contributed by atoms with Crippen molar-refractivity contribution in [2.45, 2.75) is 82.5 Å². The molecule has 3 aliphatic rings. The number of pyridine rings is 1. The Morgan fingerprint density at radius 2 is 1.87 bits per heavy atom. The maximum atomic E-state index is 13.0. The van der Waals surface area contributed by atoms with Gasteiger partial charge >= 0.3 is 0 Å². The lowest BCUT2D eigenvalue weighted by Gasteiger charge is -2.39. The van der Waals surface area contributed by atoms with Crippen LogP contribution in [0.5, 0.6) is 0 Å². The molecule has 1 aliphatic carbocycles. The number of aliphatic hydroxyl groups excluding tert-OH is 1. The fourth-order valence-electron chi connectivity index (χ4n) is 5.30. The second kappa shape index (κ2) is 9.43. The van der Waals surface area contributed by atoms with Crippen molar-refractivity contribution in [1.82, 2.24) is 20.1 Å². The van der Waals surface area contributed by atoms with Crippen LogP contribution < -0.4 is 5.32 Å². The highest BCUT2D eigenvalue weighted by atomic mass is 16.3. The molecule has 2 unspecified atom stereocenters. The van der Waals surface area contributed by atoms with Gasteiger partial charge in [0.2, 0.25) is 5.91 Å². The third kappa shape index (κ3) is 4.67. The van der Waals surface area contributed by atoms with E-state index in [-0.39, 0.29) is 29.9 Å². The van der Waals surface area contributed by atoms with Crippen LogP contribution in [-0.2, 0) is 4.79 Å². The van der Waals surface area contributed by atoms with E-state index in [2.05, 4.69) is 15.2 Å². The molecule has 0 bridgehead atoms. The van der Waals surface area contributed by atoms with Gasteiger partial charge in [-0.25, -0.2) is 0 Å². The van der Waals surface area contributed by atoms with Crippen molar-refractivity contribution in [1.29, 1.82) is 0 Å². The molecule has 30 heavy (non-hydrogen) atoms. The molecule has 3 fully saturated rings. The number of likely N-dealkylation sites (tertiary alicyclic amines) is 2. The van der Waals surface area contributed by atoms with E-state index in [0.29, 0.717) is 31.7 Å². The van der Waals surface area contributed by atoms with Crippen molar-refractivity contribution >= 4 is 11.8 Å². The van der Waals surface area contributed by atoms with Crippen LogP contribution in [0.15, 0.2) is 18.3 Å². The zero-order chi connectivity index (χ0) is 21.1. The molecular formula is C23H34N4O3. The molecule has 2 amide bonds. The van der Waals surface area contributed by atoms with E-state index < -0.39 is 6.10 Å². The molecular weight excluding hydrogens is 380 g/mol. The first-order chi connectivity index (χ1) is 14.5. The van der Waals surface area contributed by atoms with Crippen LogP contribution in [0.4, 0.5) is 0 Å². The maximum absolute atomic E-state index is 13.0. The quantitative estimate of drug-likeness (QED) is 0.786. The number of aromatic nitrogens is 1. The van der Waals surface area contributed by atoms with Crippen molar-refractivity contribution in [3.63, 3.8) is 0 Å². The van der Waals surface area contributed by atoms with Crippen LogP contribution in [0.3, 0.4) is 0 Å². The Morgan fingerprint density at radius 1 is 1.13 bits per heavy atom. The van der Waals surface area contributed by atoms with Gasteiger partial charge in [-0.1, -0.05) is 25.3 Å². The van der Waals surface area contributed by atoms with E-state index in [1.165, 1.54) is 19.3 Å². The summed E-state index contributed by atoms with van der Waals surface area (Å²) in [4.78, 5) is 34.1. The largest absolute Gasteiger partial charge is 0.392 e. The SMILES string of the molecule is Cc1cccnc1C(=O)N1CCC(N2CC(O)CC2C(=O)NC2CCCCC2)CC1. The van der Waals surface area contributed by atoms with Crippen molar-refractivity contribution in [2.75, 3.05) is 19.6 Å². The average Bonchev–Trinajstić information content (AvgIpc) is 3.16. The number of β-amino-alcohol motifs (C(OH)–C–C–N with tert-alkyl or cyclic N) is 1. The molecule has 2 saturated heterocycles. The number of carbonyl (C=O) groups is 2. The number of piperidine rings is 1. The van der Waals surface area contributed by atoms with E-state index in [1.807, 2.05) is 24.0 Å². The smallest absolute Gasteiger partial charge is 0.272 e. The molecule has 0 radical (unpaired) electrons. The van der Waals surface area contributed by atoms with Crippen molar-refractivity contribution in [3.05, 3.63) is 29.6 Å². The molecule has 1 aromatic heterocycles. The number of hydrogen-bond acceptors (Lipinski definition) is 5. The number of nitrogens with zero attached hydrogens (tertiary/aromatic N) is 3. The third-order valence-electron chi connectivity index (χ3n) is 7.00. The number of carbonyl (C=O) groups excluding carboxylic acids is 2. The standard InChI is InChI=1S/C23H34N4O3/c1-16-6-5-11-24-21(16)23(30)26-12-9-18(10-13-26)27-15-19(28)14-20(27)22(29)25-17-7-3-2-4-8-17/h5-6,11,17-20,28H,2-4,7-10,12-15H2,1H3,(H,25,29). The average molecular weight is 415 g/mol. The van der Waals surface area contributed by atoms with Gasteiger partial charge in [-0.3, -0.25) is 19.5 Å². The molecule has 7 heteroatoms. The Morgan fingerprint density at radius 3 is 2.57 bits per heavy atom. The number of nitrogens with one attached hydrogen (secondary N) is 1. The summed E-state index contributed by atoms with van der Waals surface area (Å²) in [5, 5.41) is 13.5. The van der Waals surface area contributed by atoms with E-state index in [1.54, 1.807) is 6.20 Å². The lowest BCUT2D eigenvalue weighted by Crippen LogP contribution is -2.53. The summed E-state index contributed by atoms with van der Waals surface area (Å²) in [5.41, 5.74) is 1.42. The molecule has 7 nitrogen and oxygen atoms in total. The number of aliphatic hydroxyl groups is 1. The lowest BCUT2D eigenvalue weighted by atomic mass is 9.95. The van der Waals surface area contributed by atoms with Crippen LogP contribution in [0.2, 0.25) is 0 Å². The molecule has 4 rings (SSSR count). The zero-order valence-electron chi connectivity index (χ0n) is 17.9. The van der Waals surface area contributed by atoms with E-state index in [0.717, 1.165) is 31.2 Å². The predicted octanol–water partition coefficient (Wildman–Crippen LogP) is 1.88. The lowest BCUT2D eigenvalue weighted by molar-refractivity contribution is -0.127. The fourth-order valence-corrected chi connectivity index (χ4v) is 5.30. The highest BCUT2D eigenvalue weighted by molar-refractivity contribution is 5.93. The molecule has 0 aromatic carbocycles. The summed E-state index contributed by atoms with van der Waals surface area (Å²) in [5.74, 6) is 0.0562. The molecule has 0 spiro atoms. The molecule has 2 N–H and O–H groups in total. The molecule has 1 saturated carbocycles. The summed E-state index contributed by atoms with van der Waals surface area (Å²) in [6.07, 6.45) is 9.10. The summed E-state index contributed by atoms with van der Waals surface area (Å²) in [7, 11) is 0. The second-order valence-electron chi connectivity index (χ2n) is 9.14. The minimum atomic E-state index is -0.456. The number of aryl methyl sites for hydroxylation is 1. The number of hydrogen-bond donors (Lipinski definition) is 2. The van der Waals surface area contributed by atoms with Crippen LogP contribution >= 0.6 is 0 Å². The molecule has 1 aromatic rings. The van der Waals surface area contributed by atoms with Gasteiger partial charge in [-0.2, -0.15) is 0 Å². The first kappa shape index (κ1) is 21.2. The molecule has 3 heterocycles. The first-order valence-electron chi connectivity index (χ1n) is 11.5. The fraction of sp³-hybridized carbons (Fsp3) is 0.696. The van der Waals surface area contributed by atoms with Crippen LogP contribution in [-0.4, -0.2) is 75.6 Å². The van der Waals surface area contributed by atoms with Gasteiger partial charge in [0.15, 0.2) is 0 Å². The molecule has 2 atom stereocenters. The normalized spacial score (nSPS) is 26.7. The molecule has 164 valence electrons. The highest BCUT2D eigenvalue weighted by Crippen LogP contribution is 2.28. The second-order valence-corrected chi connectivity index (χ2v) is 9.14. The van der Waals surface area contributed by atoms with E-state index in [9.17, 15) is 14.7 Å².